The highest BCUT2D eigenvalue weighted by atomic mass is 35.5. The summed E-state index contributed by atoms with van der Waals surface area (Å²) in [5.41, 5.74) is 0.738. The molecule has 0 unspecified atom stereocenters. The summed E-state index contributed by atoms with van der Waals surface area (Å²) < 4.78 is 26.6. The first-order chi connectivity index (χ1) is 13.2. The lowest BCUT2D eigenvalue weighted by Gasteiger charge is -2.05. The number of carbonyl (C=O) groups is 1. The van der Waals surface area contributed by atoms with E-state index in [0.717, 1.165) is 0 Å². The van der Waals surface area contributed by atoms with Gasteiger partial charge >= 0.3 is 0 Å². The van der Waals surface area contributed by atoms with Gasteiger partial charge in [-0.1, -0.05) is 53.0 Å². The van der Waals surface area contributed by atoms with E-state index in [1.165, 1.54) is 18.3 Å². The highest BCUT2D eigenvalue weighted by Crippen LogP contribution is 2.32. The molecular weight excluding hydrogens is 443 g/mol. The standard InChI is InChI=1S/C19H15Cl3N2O3S/c1-24-11-15(23-19(24)12-5-4-7-14(21)18(12)22)16(25)9-10-28(26,27)17-8-3-2-6-13(17)20/h2-8,11H,9-10H2,1H3. The lowest BCUT2D eigenvalue weighted by atomic mass is 10.2. The molecule has 0 saturated heterocycles. The minimum atomic E-state index is -3.69. The Labute approximate surface area is 177 Å². The molecule has 3 rings (SSSR count). The van der Waals surface area contributed by atoms with Gasteiger partial charge in [-0.3, -0.25) is 4.79 Å². The molecule has 2 aromatic carbocycles. The Balaban J connectivity index is 1.81. The summed E-state index contributed by atoms with van der Waals surface area (Å²) in [6.45, 7) is 0. The molecule has 0 aliphatic carbocycles. The second kappa shape index (κ2) is 8.25. The van der Waals surface area contributed by atoms with Crippen LogP contribution in [0.2, 0.25) is 15.1 Å². The largest absolute Gasteiger partial charge is 0.333 e. The van der Waals surface area contributed by atoms with Crippen LogP contribution in [0.1, 0.15) is 16.9 Å². The van der Waals surface area contributed by atoms with Gasteiger partial charge in [0.1, 0.15) is 11.5 Å². The predicted octanol–water partition coefficient (Wildman–Crippen LogP) is 5.09. The quantitative estimate of drug-likeness (QED) is 0.483. The molecular formula is C19H15Cl3N2O3S. The van der Waals surface area contributed by atoms with Crippen LogP contribution < -0.4 is 0 Å². The van der Waals surface area contributed by atoms with E-state index in [1.807, 2.05) is 0 Å². The minimum absolute atomic E-state index is 0.0110. The predicted molar refractivity (Wildman–Crippen MR) is 111 cm³/mol. The van der Waals surface area contributed by atoms with Crippen molar-refractivity contribution in [1.29, 1.82) is 0 Å². The fraction of sp³-hybridized carbons (Fsp3) is 0.158. The Morgan fingerprint density at radius 2 is 1.71 bits per heavy atom. The van der Waals surface area contributed by atoms with Crippen LogP contribution in [-0.4, -0.2) is 29.5 Å². The Morgan fingerprint density at radius 1 is 1.04 bits per heavy atom. The molecule has 28 heavy (non-hydrogen) atoms. The number of hydrogen-bond donors (Lipinski definition) is 0. The maximum Gasteiger partial charge on any atom is 0.183 e. The first-order valence-electron chi connectivity index (χ1n) is 8.19. The zero-order valence-corrected chi connectivity index (χ0v) is 17.8. The van der Waals surface area contributed by atoms with Crippen LogP contribution in [0.4, 0.5) is 0 Å². The second-order valence-corrected chi connectivity index (χ2v) is 9.35. The van der Waals surface area contributed by atoms with Crippen LogP contribution in [0.3, 0.4) is 0 Å². The van der Waals surface area contributed by atoms with Crippen molar-refractivity contribution in [2.45, 2.75) is 11.3 Å². The van der Waals surface area contributed by atoms with Gasteiger partial charge in [-0.15, -0.1) is 0 Å². The van der Waals surface area contributed by atoms with E-state index in [2.05, 4.69) is 4.98 Å². The lowest BCUT2D eigenvalue weighted by molar-refractivity contribution is 0.0984. The third-order valence-corrected chi connectivity index (χ3v) is 7.15. The SMILES string of the molecule is Cn1cc(C(=O)CCS(=O)(=O)c2ccccc2Cl)nc1-c1cccc(Cl)c1Cl. The molecule has 1 aromatic heterocycles. The van der Waals surface area contributed by atoms with Crippen LogP contribution in [0.25, 0.3) is 11.4 Å². The number of Topliss-reactive ketones (excluding diaryl/α,β-unsaturated/α-hetero) is 1. The number of benzene rings is 2. The highest BCUT2D eigenvalue weighted by Gasteiger charge is 2.22. The van der Waals surface area contributed by atoms with E-state index in [9.17, 15) is 13.2 Å². The van der Waals surface area contributed by atoms with Crippen LogP contribution in [0, 0.1) is 0 Å². The van der Waals surface area contributed by atoms with Crippen molar-refractivity contribution in [3.8, 4) is 11.4 Å². The van der Waals surface area contributed by atoms with E-state index < -0.39 is 15.6 Å². The second-order valence-electron chi connectivity index (χ2n) is 6.08. The molecule has 0 radical (unpaired) electrons. The summed E-state index contributed by atoms with van der Waals surface area (Å²) in [6.07, 6.45) is 1.32. The number of ketones is 1. The minimum Gasteiger partial charge on any atom is -0.333 e. The highest BCUT2D eigenvalue weighted by molar-refractivity contribution is 7.91. The molecule has 0 atom stereocenters. The molecule has 0 saturated carbocycles. The fourth-order valence-electron chi connectivity index (χ4n) is 2.69. The Morgan fingerprint density at radius 3 is 2.43 bits per heavy atom. The number of rotatable bonds is 6. The number of nitrogens with zero attached hydrogens (tertiary/aromatic N) is 2. The third kappa shape index (κ3) is 4.25. The van der Waals surface area contributed by atoms with Crippen molar-refractivity contribution in [3.05, 3.63) is 69.4 Å². The van der Waals surface area contributed by atoms with E-state index >= 15 is 0 Å². The number of aromatic nitrogens is 2. The molecule has 0 fully saturated rings. The van der Waals surface area contributed by atoms with Crippen molar-refractivity contribution in [2.75, 3.05) is 5.75 Å². The summed E-state index contributed by atoms with van der Waals surface area (Å²) in [5.74, 6) is -0.292. The van der Waals surface area contributed by atoms with Crippen LogP contribution in [0.15, 0.2) is 53.6 Å². The molecule has 9 heteroatoms. The van der Waals surface area contributed by atoms with Crippen molar-refractivity contribution < 1.29 is 13.2 Å². The van der Waals surface area contributed by atoms with Crippen LogP contribution >= 0.6 is 34.8 Å². The molecule has 5 nitrogen and oxygen atoms in total. The van der Waals surface area contributed by atoms with Gasteiger partial charge in [-0.2, -0.15) is 0 Å². The topological polar surface area (TPSA) is 69.0 Å². The Hall–Kier alpha value is -1.86. The number of hydrogen-bond acceptors (Lipinski definition) is 4. The van der Waals surface area contributed by atoms with E-state index in [4.69, 9.17) is 34.8 Å². The van der Waals surface area contributed by atoms with Gasteiger partial charge < -0.3 is 4.57 Å². The number of sulfone groups is 1. The lowest BCUT2D eigenvalue weighted by Crippen LogP contribution is -2.12. The maximum atomic E-state index is 12.5. The van der Waals surface area contributed by atoms with Gasteiger partial charge in [0.05, 0.1) is 25.7 Å². The van der Waals surface area contributed by atoms with Gasteiger partial charge in [0.15, 0.2) is 15.6 Å². The summed E-state index contributed by atoms with van der Waals surface area (Å²) in [4.78, 5) is 16.9. The summed E-state index contributed by atoms with van der Waals surface area (Å²) in [5, 5.41) is 0.838. The van der Waals surface area contributed by atoms with Gasteiger partial charge in [-0.25, -0.2) is 13.4 Å². The number of halogens is 3. The maximum absolute atomic E-state index is 12.5. The monoisotopic (exact) mass is 456 g/mol. The summed E-state index contributed by atoms with van der Waals surface area (Å²) in [7, 11) is -1.97. The summed E-state index contributed by atoms with van der Waals surface area (Å²) in [6, 6.07) is 11.3. The third-order valence-electron chi connectivity index (χ3n) is 4.12. The van der Waals surface area contributed by atoms with Crippen molar-refractivity contribution in [2.24, 2.45) is 7.05 Å². The molecule has 0 spiro atoms. The van der Waals surface area contributed by atoms with Gasteiger partial charge in [0.2, 0.25) is 0 Å². The van der Waals surface area contributed by atoms with Crippen molar-refractivity contribution in [3.63, 3.8) is 0 Å². The normalized spacial score (nSPS) is 11.6. The van der Waals surface area contributed by atoms with E-state index in [-0.39, 0.29) is 27.8 Å². The van der Waals surface area contributed by atoms with Crippen molar-refractivity contribution >= 4 is 50.4 Å². The molecule has 0 bridgehead atoms. The first kappa shape index (κ1) is 20.9. The van der Waals surface area contributed by atoms with E-state index in [1.54, 1.807) is 41.9 Å². The molecule has 0 aliphatic rings. The van der Waals surface area contributed by atoms with Gasteiger partial charge in [-0.05, 0) is 24.3 Å². The average molecular weight is 458 g/mol. The first-order valence-corrected chi connectivity index (χ1v) is 11.0. The van der Waals surface area contributed by atoms with Gasteiger partial charge in [0, 0.05) is 25.2 Å². The molecule has 0 N–H and O–H groups in total. The zero-order chi connectivity index (χ0) is 20.5. The molecule has 1 heterocycles. The van der Waals surface area contributed by atoms with Crippen LogP contribution in [0.5, 0.6) is 0 Å². The average Bonchev–Trinajstić information content (AvgIpc) is 3.04. The molecule has 146 valence electrons. The van der Waals surface area contributed by atoms with Gasteiger partial charge in [0.25, 0.3) is 0 Å². The summed E-state index contributed by atoms with van der Waals surface area (Å²) >= 11 is 18.2. The zero-order valence-electron chi connectivity index (χ0n) is 14.7. The number of aryl methyl sites for hydroxylation is 1. The number of carbonyl (C=O) groups excluding carboxylic acids is 1. The molecule has 3 aromatic rings. The molecule has 0 amide bonds. The van der Waals surface area contributed by atoms with E-state index in [0.29, 0.717) is 21.4 Å². The Bertz CT molecular complexity index is 1160. The molecule has 0 aliphatic heterocycles. The van der Waals surface area contributed by atoms with Crippen LogP contribution in [-0.2, 0) is 16.9 Å². The Kier molecular flexibility index (Phi) is 6.15. The smallest absolute Gasteiger partial charge is 0.183 e. The van der Waals surface area contributed by atoms with Crippen molar-refractivity contribution in [1.82, 2.24) is 9.55 Å². The number of imidazole rings is 1. The fourth-order valence-corrected chi connectivity index (χ4v) is 4.89.